The van der Waals surface area contributed by atoms with Crippen molar-refractivity contribution >= 4 is 17.2 Å². The van der Waals surface area contributed by atoms with Gasteiger partial charge in [-0.3, -0.25) is 4.40 Å². The predicted molar refractivity (Wildman–Crippen MR) is 115 cm³/mol. The first-order valence-electron chi connectivity index (χ1n) is 10.2. The Morgan fingerprint density at radius 2 is 1.81 bits per heavy atom. The summed E-state index contributed by atoms with van der Waals surface area (Å²) in [5.41, 5.74) is 1.25. The largest absolute Gasteiger partial charge is 0.497 e. The smallest absolute Gasteiger partial charge is 0.434 e. The molecule has 4 rings (SSSR count). The van der Waals surface area contributed by atoms with Crippen molar-refractivity contribution in [2.45, 2.75) is 43.9 Å². The minimum atomic E-state index is -4.46. The van der Waals surface area contributed by atoms with Gasteiger partial charge in [-0.15, -0.1) is 0 Å². The van der Waals surface area contributed by atoms with E-state index < -0.39 is 11.9 Å². The lowest BCUT2D eigenvalue weighted by Gasteiger charge is -2.31. The van der Waals surface area contributed by atoms with Gasteiger partial charge in [0.15, 0.2) is 5.69 Å². The quantitative estimate of drug-likeness (QED) is 0.554. The van der Waals surface area contributed by atoms with Gasteiger partial charge in [-0.05, 0) is 49.9 Å². The predicted octanol–water partition coefficient (Wildman–Crippen LogP) is 5.35. The number of imidazole rings is 1. The molecule has 0 aliphatic heterocycles. The maximum atomic E-state index is 13.0. The Bertz CT molecular complexity index is 1070. The maximum absolute atomic E-state index is 13.0. The second-order valence-corrected chi connectivity index (χ2v) is 7.81. The van der Waals surface area contributed by atoms with Gasteiger partial charge in [0, 0.05) is 29.5 Å². The Balaban J connectivity index is 1.36. The second-order valence-electron chi connectivity index (χ2n) is 7.81. The van der Waals surface area contributed by atoms with Crippen molar-refractivity contribution in [3.05, 3.63) is 66.5 Å². The summed E-state index contributed by atoms with van der Waals surface area (Å²) in [6, 6.07) is 13.3. The number of hydrogen-bond acceptors (Lipinski definition) is 4. The van der Waals surface area contributed by atoms with Gasteiger partial charge in [0.2, 0.25) is 0 Å². The monoisotopic (exact) mass is 430 g/mol. The van der Waals surface area contributed by atoms with Crippen LogP contribution in [-0.2, 0) is 6.18 Å². The van der Waals surface area contributed by atoms with Gasteiger partial charge in [0.05, 0.1) is 7.11 Å². The Hall–Kier alpha value is -3.16. The van der Waals surface area contributed by atoms with Crippen molar-refractivity contribution in [3.8, 4) is 5.75 Å². The molecule has 2 aromatic heterocycles. The first-order valence-corrected chi connectivity index (χ1v) is 10.2. The van der Waals surface area contributed by atoms with Gasteiger partial charge in [-0.1, -0.05) is 24.8 Å². The average molecular weight is 430 g/mol. The molecule has 0 unspecified atom stereocenters. The molecule has 5 nitrogen and oxygen atoms in total. The van der Waals surface area contributed by atoms with Crippen LogP contribution in [0, 0.1) is 0 Å². The highest BCUT2D eigenvalue weighted by molar-refractivity contribution is 5.63. The number of aromatic nitrogens is 2. The van der Waals surface area contributed by atoms with Crippen LogP contribution in [0.4, 0.5) is 19.0 Å². The number of benzene rings is 1. The number of hydrogen-bond donors (Lipinski definition) is 2. The minimum absolute atomic E-state index is 0.186. The maximum Gasteiger partial charge on any atom is 0.434 e. The van der Waals surface area contributed by atoms with E-state index in [1.807, 2.05) is 24.3 Å². The molecule has 0 spiro atoms. The van der Waals surface area contributed by atoms with Crippen LogP contribution in [0.5, 0.6) is 5.75 Å². The van der Waals surface area contributed by atoms with E-state index in [9.17, 15) is 13.2 Å². The van der Waals surface area contributed by atoms with E-state index in [4.69, 9.17) is 4.74 Å². The molecule has 8 heteroatoms. The summed E-state index contributed by atoms with van der Waals surface area (Å²) in [5, 5.41) is 6.90. The molecule has 31 heavy (non-hydrogen) atoms. The van der Waals surface area contributed by atoms with Crippen molar-refractivity contribution in [2.24, 2.45) is 0 Å². The number of rotatable bonds is 6. The summed E-state index contributed by atoms with van der Waals surface area (Å²) in [4.78, 5) is 3.69. The number of nitrogens with zero attached hydrogens (tertiary/aromatic N) is 2. The van der Waals surface area contributed by atoms with E-state index in [1.165, 1.54) is 4.40 Å². The van der Waals surface area contributed by atoms with Crippen LogP contribution in [0.2, 0.25) is 0 Å². The molecule has 0 amide bonds. The Morgan fingerprint density at radius 1 is 1.10 bits per heavy atom. The van der Waals surface area contributed by atoms with Gasteiger partial charge in [-0.25, -0.2) is 4.98 Å². The normalized spacial score (nSPS) is 19.2. The number of fused-ring (bicyclic) bond motifs is 1. The first-order chi connectivity index (χ1) is 14.8. The second kappa shape index (κ2) is 8.53. The number of anilines is 1. The van der Waals surface area contributed by atoms with Crippen LogP contribution in [0.25, 0.3) is 11.3 Å². The van der Waals surface area contributed by atoms with Gasteiger partial charge in [0.1, 0.15) is 17.2 Å². The molecule has 1 aliphatic rings. The molecule has 2 N–H and O–H groups in total. The molecule has 1 aromatic carbocycles. The fraction of sp³-hybridized carbons (Fsp3) is 0.348. The average Bonchev–Trinajstić information content (AvgIpc) is 3.21. The van der Waals surface area contributed by atoms with Crippen molar-refractivity contribution in [2.75, 3.05) is 12.4 Å². The zero-order valence-corrected chi connectivity index (χ0v) is 17.2. The summed E-state index contributed by atoms with van der Waals surface area (Å²) < 4.78 is 45.8. The standard InChI is InChI=1S/C23H25F3N4O/c1-15(16-5-3-6-19(13-16)31-2)27-17-9-11-18(12-10-17)28-21-7-4-8-22-29-20(14-30(21)22)23(24,25)26/h3-8,13-14,17-18,27-28H,1,9-12H2,2H3. The molecule has 1 saturated carbocycles. The van der Waals surface area contributed by atoms with Gasteiger partial charge in [0.25, 0.3) is 0 Å². The van der Waals surface area contributed by atoms with Crippen LogP contribution < -0.4 is 15.4 Å². The Morgan fingerprint density at radius 3 is 2.52 bits per heavy atom. The Kier molecular flexibility index (Phi) is 5.80. The van der Waals surface area contributed by atoms with E-state index >= 15 is 0 Å². The summed E-state index contributed by atoms with van der Waals surface area (Å²) in [6.45, 7) is 4.15. The van der Waals surface area contributed by atoms with E-state index in [0.29, 0.717) is 11.9 Å². The molecular formula is C23H25F3N4O. The fourth-order valence-electron chi connectivity index (χ4n) is 4.00. The third-order valence-corrected chi connectivity index (χ3v) is 5.66. The fourth-order valence-corrected chi connectivity index (χ4v) is 4.00. The Labute approximate surface area is 178 Å². The highest BCUT2D eigenvalue weighted by Crippen LogP contribution is 2.30. The summed E-state index contributed by atoms with van der Waals surface area (Å²) in [5.74, 6) is 1.41. The lowest BCUT2D eigenvalue weighted by molar-refractivity contribution is -0.140. The number of alkyl halides is 3. The van der Waals surface area contributed by atoms with E-state index in [1.54, 1.807) is 25.3 Å². The summed E-state index contributed by atoms with van der Waals surface area (Å²) in [6.07, 6.45) is 0.268. The lowest BCUT2D eigenvalue weighted by Crippen LogP contribution is -2.36. The highest BCUT2D eigenvalue weighted by Gasteiger charge is 2.34. The van der Waals surface area contributed by atoms with Gasteiger partial charge >= 0.3 is 6.18 Å². The van der Waals surface area contributed by atoms with E-state index in [2.05, 4.69) is 22.2 Å². The number of nitrogens with one attached hydrogen (secondary N) is 2. The molecule has 0 saturated heterocycles. The van der Waals surface area contributed by atoms with Crippen molar-refractivity contribution in [1.82, 2.24) is 14.7 Å². The molecule has 3 aromatic rings. The molecule has 2 heterocycles. The van der Waals surface area contributed by atoms with Crippen molar-refractivity contribution in [3.63, 3.8) is 0 Å². The third kappa shape index (κ3) is 4.78. The zero-order valence-electron chi connectivity index (χ0n) is 17.2. The number of halogens is 3. The molecule has 1 aliphatic carbocycles. The van der Waals surface area contributed by atoms with Crippen LogP contribution in [0.3, 0.4) is 0 Å². The number of pyridine rings is 1. The van der Waals surface area contributed by atoms with E-state index in [0.717, 1.165) is 48.9 Å². The van der Waals surface area contributed by atoms with Crippen molar-refractivity contribution in [1.29, 1.82) is 0 Å². The molecule has 0 radical (unpaired) electrons. The van der Waals surface area contributed by atoms with Gasteiger partial charge < -0.3 is 15.4 Å². The van der Waals surface area contributed by atoms with Crippen LogP contribution in [-0.4, -0.2) is 28.6 Å². The van der Waals surface area contributed by atoms with Gasteiger partial charge in [-0.2, -0.15) is 13.2 Å². The number of methoxy groups -OCH3 is 1. The lowest BCUT2D eigenvalue weighted by atomic mass is 9.90. The molecular weight excluding hydrogens is 405 g/mol. The van der Waals surface area contributed by atoms with Crippen LogP contribution >= 0.6 is 0 Å². The van der Waals surface area contributed by atoms with E-state index in [-0.39, 0.29) is 11.7 Å². The molecule has 0 bridgehead atoms. The van der Waals surface area contributed by atoms with Crippen LogP contribution in [0.15, 0.2) is 55.2 Å². The summed E-state index contributed by atoms with van der Waals surface area (Å²) >= 11 is 0. The molecule has 0 atom stereocenters. The third-order valence-electron chi connectivity index (χ3n) is 5.66. The first kappa shape index (κ1) is 21.1. The number of ether oxygens (including phenoxy) is 1. The summed E-state index contributed by atoms with van der Waals surface area (Å²) in [7, 11) is 1.64. The zero-order chi connectivity index (χ0) is 22.0. The molecule has 1 fully saturated rings. The van der Waals surface area contributed by atoms with Crippen LogP contribution in [0.1, 0.15) is 36.9 Å². The highest BCUT2D eigenvalue weighted by atomic mass is 19.4. The topological polar surface area (TPSA) is 50.6 Å². The SMILES string of the molecule is C=C(NC1CCC(Nc2cccc3nc(C(F)(F)F)cn23)CC1)c1cccc(OC)c1. The minimum Gasteiger partial charge on any atom is -0.497 e. The molecule has 164 valence electrons. The van der Waals surface area contributed by atoms with Crippen molar-refractivity contribution < 1.29 is 17.9 Å².